The highest BCUT2D eigenvalue weighted by Gasteiger charge is 2.06. The second kappa shape index (κ2) is 5.19. The number of nitrogens with two attached hydrogens (primary N) is 1. The first-order valence-corrected chi connectivity index (χ1v) is 5.80. The summed E-state index contributed by atoms with van der Waals surface area (Å²) in [7, 11) is 3.24. The minimum absolute atomic E-state index is 0.550. The van der Waals surface area contributed by atoms with Crippen molar-refractivity contribution >= 4 is 17.3 Å². The second-order valence-electron chi connectivity index (χ2n) is 3.84. The lowest BCUT2D eigenvalue weighted by molar-refractivity contribution is 0.394. The summed E-state index contributed by atoms with van der Waals surface area (Å²) in [6.45, 7) is 0. The monoisotopic (exact) mass is 263 g/mol. The van der Waals surface area contributed by atoms with Crippen LogP contribution in [0.3, 0.4) is 0 Å². The molecule has 0 aliphatic carbocycles. The fourth-order valence-corrected chi connectivity index (χ4v) is 1.81. The van der Waals surface area contributed by atoms with Crippen molar-refractivity contribution in [3.8, 4) is 22.6 Å². The molecule has 2 rings (SSSR count). The van der Waals surface area contributed by atoms with Crippen molar-refractivity contribution in [2.75, 3.05) is 20.0 Å². The summed E-state index contributed by atoms with van der Waals surface area (Å²) >= 11 is 5.91. The van der Waals surface area contributed by atoms with Gasteiger partial charge in [0.1, 0.15) is 11.5 Å². The van der Waals surface area contributed by atoms with Gasteiger partial charge in [-0.05, 0) is 35.4 Å². The smallest absolute Gasteiger partial charge is 0.123 e. The Kier molecular flexibility index (Phi) is 3.63. The number of nitrogen functional groups attached to an aromatic ring is 1. The lowest BCUT2D eigenvalue weighted by Gasteiger charge is -2.09. The molecule has 0 aromatic heterocycles. The van der Waals surface area contributed by atoms with Gasteiger partial charge in [-0.3, -0.25) is 0 Å². The van der Waals surface area contributed by atoms with E-state index in [1.165, 1.54) is 0 Å². The van der Waals surface area contributed by atoms with Gasteiger partial charge in [0, 0.05) is 6.07 Å². The van der Waals surface area contributed by atoms with Crippen LogP contribution < -0.4 is 15.2 Å². The quantitative estimate of drug-likeness (QED) is 0.861. The van der Waals surface area contributed by atoms with Crippen LogP contribution in [0.4, 0.5) is 5.69 Å². The van der Waals surface area contributed by atoms with Crippen molar-refractivity contribution in [3.63, 3.8) is 0 Å². The molecule has 0 atom stereocenters. The Morgan fingerprint density at radius 2 is 1.50 bits per heavy atom. The van der Waals surface area contributed by atoms with Gasteiger partial charge < -0.3 is 15.2 Å². The first-order valence-electron chi connectivity index (χ1n) is 5.42. The predicted molar refractivity (Wildman–Crippen MR) is 74.4 cm³/mol. The number of methoxy groups -OCH3 is 2. The number of benzene rings is 2. The molecule has 0 radical (unpaired) electrons. The standard InChI is InChI=1S/C14H14ClNO2/c1-17-11-5-10(6-12(8-11)18-2)9-3-4-13(15)14(16)7-9/h3-8H,16H2,1-2H3. The van der Waals surface area contributed by atoms with Gasteiger partial charge in [-0.15, -0.1) is 0 Å². The molecule has 0 saturated carbocycles. The third-order valence-corrected chi connectivity index (χ3v) is 3.02. The van der Waals surface area contributed by atoms with Crippen LogP contribution in [0.5, 0.6) is 11.5 Å². The highest BCUT2D eigenvalue weighted by molar-refractivity contribution is 6.33. The molecule has 2 aromatic rings. The Hall–Kier alpha value is -1.87. The molecule has 0 unspecified atom stereocenters. The lowest BCUT2D eigenvalue weighted by Crippen LogP contribution is -1.90. The van der Waals surface area contributed by atoms with E-state index in [0.29, 0.717) is 10.7 Å². The Balaban J connectivity index is 2.51. The third kappa shape index (κ3) is 2.51. The maximum absolute atomic E-state index is 5.91. The van der Waals surface area contributed by atoms with E-state index in [2.05, 4.69) is 0 Å². The van der Waals surface area contributed by atoms with Gasteiger partial charge in [0.25, 0.3) is 0 Å². The van der Waals surface area contributed by atoms with Crippen molar-refractivity contribution in [1.82, 2.24) is 0 Å². The molecular formula is C14H14ClNO2. The van der Waals surface area contributed by atoms with Crippen molar-refractivity contribution in [2.24, 2.45) is 0 Å². The van der Waals surface area contributed by atoms with Crippen LogP contribution in [0.1, 0.15) is 0 Å². The molecule has 0 amide bonds. The Morgan fingerprint density at radius 3 is 2.00 bits per heavy atom. The number of halogens is 1. The van der Waals surface area contributed by atoms with Crippen molar-refractivity contribution in [2.45, 2.75) is 0 Å². The van der Waals surface area contributed by atoms with Gasteiger partial charge in [-0.2, -0.15) is 0 Å². The van der Waals surface area contributed by atoms with E-state index >= 15 is 0 Å². The fraction of sp³-hybridized carbons (Fsp3) is 0.143. The average molecular weight is 264 g/mol. The van der Waals surface area contributed by atoms with Crippen molar-refractivity contribution in [1.29, 1.82) is 0 Å². The number of hydrogen-bond acceptors (Lipinski definition) is 3. The minimum Gasteiger partial charge on any atom is -0.497 e. The largest absolute Gasteiger partial charge is 0.497 e. The average Bonchev–Trinajstić information content (AvgIpc) is 2.41. The van der Waals surface area contributed by atoms with E-state index in [4.69, 9.17) is 26.8 Å². The van der Waals surface area contributed by atoms with Crippen LogP contribution >= 0.6 is 11.6 Å². The lowest BCUT2D eigenvalue weighted by atomic mass is 10.0. The summed E-state index contributed by atoms with van der Waals surface area (Å²) in [5.41, 5.74) is 8.29. The molecular weight excluding hydrogens is 250 g/mol. The molecule has 0 aliphatic heterocycles. The summed E-state index contributed by atoms with van der Waals surface area (Å²) in [5.74, 6) is 1.47. The van der Waals surface area contributed by atoms with Crippen LogP contribution in [0.15, 0.2) is 36.4 Å². The van der Waals surface area contributed by atoms with Gasteiger partial charge in [-0.25, -0.2) is 0 Å². The van der Waals surface area contributed by atoms with Gasteiger partial charge in [0.05, 0.1) is 24.9 Å². The van der Waals surface area contributed by atoms with Crippen LogP contribution in [-0.2, 0) is 0 Å². The molecule has 4 heteroatoms. The molecule has 2 aromatic carbocycles. The number of anilines is 1. The van der Waals surface area contributed by atoms with Crippen molar-refractivity contribution in [3.05, 3.63) is 41.4 Å². The zero-order valence-electron chi connectivity index (χ0n) is 10.2. The molecule has 18 heavy (non-hydrogen) atoms. The van der Waals surface area contributed by atoms with Gasteiger partial charge in [-0.1, -0.05) is 17.7 Å². The predicted octanol–water partition coefficient (Wildman–Crippen LogP) is 3.61. The highest BCUT2D eigenvalue weighted by Crippen LogP contribution is 2.32. The first-order chi connectivity index (χ1) is 8.63. The van der Waals surface area contributed by atoms with Crippen LogP contribution in [0.25, 0.3) is 11.1 Å². The van der Waals surface area contributed by atoms with Gasteiger partial charge in [0.2, 0.25) is 0 Å². The summed E-state index contributed by atoms with van der Waals surface area (Å²) < 4.78 is 10.5. The van der Waals surface area contributed by atoms with E-state index < -0.39 is 0 Å². The number of rotatable bonds is 3. The molecule has 3 nitrogen and oxygen atoms in total. The van der Waals surface area contributed by atoms with E-state index in [0.717, 1.165) is 22.6 Å². The zero-order chi connectivity index (χ0) is 13.1. The molecule has 94 valence electrons. The highest BCUT2D eigenvalue weighted by atomic mass is 35.5. The summed E-state index contributed by atoms with van der Waals surface area (Å²) in [4.78, 5) is 0. The molecule has 2 N–H and O–H groups in total. The fourth-order valence-electron chi connectivity index (χ4n) is 1.70. The molecule has 0 fully saturated rings. The third-order valence-electron chi connectivity index (χ3n) is 2.68. The molecule has 0 saturated heterocycles. The van der Waals surface area contributed by atoms with Crippen LogP contribution in [0.2, 0.25) is 5.02 Å². The minimum atomic E-state index is 0.550. The summed E-state index contributed by atoms with van der Waals surface area (Å²) in [6, 6.07) is 11.2. The first kappa shape index (κ1) is 12.6. The van der Waals surface area contributed by atoms with Crippen LogP contribution in [-0.4, -0.2) is 14.2 Å². The molecule has 0 bridgehead atoms. The maximum Gasteiger partial charge on any atom is 0.123 e. The van der Waals surface area contributed by atoms with Crippen molar-refractivity contribution < 1.29 is 9.47 Å². The van der Waals surface area contributed by atoms with E-state index in [-0.39, 0.29) is 0 Å². The second-order valence-corrected chi connectivity index (χ2v) is 4.24. The summed E-state index contributed by atoms with van der Waals surface area (Å²) in [6.07, 6.45) is 0. The Labute approximate surface area is 111 Å². The normalized spacial score (nSPS) is 10.2. The Bertz CT molecular complexity index is 547. The Morgan fingerprint density at radius 1 is 0.889 bits per heavy atom. The van der Waals surface area contributed by atoms with E-state index in [1.54, 1.807) is 20.3 Å². The van der Waals surface area contributed by atoms with Gasteiger partial charge in [0.15, 0.2) is 0 Å². The van der Waals surface area contributed by atoms with Crippen LogP contribution in [0, 0.1) is 0 Å². The van der Waals surface area contributed by atoms with E-state index in [9.17, 15) is 0 Å². The molecule has 0 spiro atoms. The SMILES string of the molecule is COc1cc(OC)cc(-c2ccc(Cl)c(N)c2)c1. The molecule has 0 aliphatic rings. The maximum atomic E-state index is 5.91. The zero-order valence-corrected chi connectivity index (χ0v) is 11.0. The molecule has 0 heterocycles. The number of ether oxygens (including phenoxy) is 2. The number of hydrogen-bond donors (Lipinski definition) is 1. The van der Waals surface area contributed by atoms with Gasteiger partial charge >= 0.3 is 0 Å². The van der Waals surface area contributed by atoms with E-state index in [1.807, 2.05) is 30.3 Å². The summed E-state index contributed by atoms with van der Waals surface area (Å²) in [5, 5.41) is 0.550. The topological polar surface area (TPSA) is 44.5 Å².